The molecule has 5 nitrogen and oxygen atoms in total. The predicted octanol–water partition coefficient (Wildman–Crippen LogP) is 1.94. The third-order valence-corrected chi connectivity index (χ3v) is 5.33. The molecule has 1 aromatic carbocycles. The molecule has 1 aliphatic rings. The molecule has 1 aromatic rings. The molecule has 0 radical (unpaired) electrons. The van der Waals surface area contributed by atoms with Gasteiger partial charge in [0.2, 0.25) is 10.0 Å². The summed E-state index contributed by atoms with van der Waals surface area (Å²) < 4.78 is 24.6. The molecule has 0 spiro atoms. The molecule has 120 valence electrons. The summed E-state index contributed by atoms with van der Waals surface area (Å²) in [6.45, 7) is 8.50. The summed E-state index contributed by atoms with van der Waals surface area (Å²) in [7, 11) is -3.13. The Kier molecular flexibility index (Phi) is 4.50. The van der Waals surface area contributed by atoms with Crippen molar-refractivity contribution in [3.63, 3.8) is 0 Å². The van der Waals surface area contributed by atoms with Gasteiger partial charge < -0.3 is 4.90 Å². The van der Waals surface area contributed by atoms with Gasteiger partial charge in [-0.2, -0.15) is 9.57 Å². The molecule has 1 aliphatic heterocycles. The summed E-state index contributed by atoms with van der Waals surface area (Å²) in [5.74, 6) is 0. The van der Waals surface area contributed by atoms with Crippen molar-refractivity contribution in [3.05, 3.63) is 29.3 Å². The van der Waals surface area contributed by atoms with E-state index in [4.69, 9.17) is 0 Å². The SMILES string of the molecule is CC(C)(C)c1ccc(N2CCN(S(C)(=O)=O)CC2)c(C#N)c1. The second kappa shape index (κ2) is 5.90. The number of benzene rings is 1. The van der Waals surface area contributed by atoms with Crippen LogP contribution in [0.1, 0.15) is 31.9 Å². The lowest BCUT2D eigenvalue weighted by Crippen LogP contribution is -2.48. The van der Waals surface area contributed by atoms with E-state index in [0.29, 0.717) is 31.7 Å². The van der Waals surface area contributed by atoms with Crippen LogP contribution in [0.4, 0.5) is 5.69 Å². The monoisotopic (exact) mass is 321 g/mol. The van der Waals surface area contributed by atoms with Crippen molar-refractivity contribution < 1.29 is 8.42 Å². The van der Waals surface area contributed by atoms with Gasteiger partial charge in [0.15, 0.2) is 0 Å². The van der Waals surface area contributed by atoms with E-state index in [9.17, 15) is 13.7 Å². The third-order valence-electron chi connectivity index (χ3n) is 4.03. The van der Waals surface area contributed by atoms with Gasteiger partial charge in [0.1, 0.15) is 6.07 Å². The van der Waals surface area contributed by atoms with E-state index < -0.39 is 10.0 Å². The minimum atomic E-state index is -3.13. The molecule has 0 amide bonds. The zero-order valence-corrected chi connectivity index (χ0v) is 14.4. The average Bonchev–Trinajstić information content (AvgIpc) is 2.45. The number of hydrogen-bond acceptors (Lipinski definition) is 4. The summed E-state index contributed by atoms with van der Waals surface area (Å²) in [5, 5.41) is 9.44. The molecular weight excluding hydrogens is 298 g/mol. The highest BCUT2D eigenvalue weighted by atomic mass is 32.2. The normalized spacial score (nSPS) is 17.3. The van der Waals surface area contributed by atoms with Crippen LogP contribution in [0.5, 0.6) is 0 Å². The molecule has 2 rings (SSSR count). The number of rotatable bonds is 2. The highest BCUT2D eigenvalue weighted by Crippen LogP contribution is 2.29. The molecule has 0 saturated carbocycles. The first-order valence-electron chi connectivity index (χ1n) is 7.37. The summed E-state index contributed by atoms with van der Waals surface area (Å²) in [4.78, 5) is 2.09. The van der Waals surface area contributed by atoms with E-state index in [1.165, 1.54) is 10.6 Å². The van der Waals surface area contributed by atoms with Crippen LogP contribution >= 0.6 is 0 Å². The van der Waals surface area contributed by atoms with E-state index >= 15 is 0 Å². The molecule has 0 aliphatic carbocycles. The van der Waals surface area contributed by atoms with Crippen LogP contribution in [0, 0.1) is 11.3 Å². The lowest BCUT2D eigenvalue weighted by molar-refractivity contribution is 0.388. The van der Waals surface area contributed by atoms with E-state index in [-0.39, 0.29) is 5.41 Å². The maximum Gasteiger partial charge on any atom is 0.211 e. The van der Waals surface area contributed by atoms with Crippen molar-refractivity contribution in [1.82, 2.24) is 4.31 Å². The van der Waals surface area contributed by atoms with Gasteiger partial charge in [0, 0.05) is 26.2 Å². The molecule has 0 bridgehead atoms. The minimum Gasteiger partial charge on any atom is -0.368 e. The van der Waals surface area contributed by atoms with Gasteiger partial charge in [-0.15, -0.1) is 0 Å². The summed E-state index contributed by atoms with van der Waals surface area (Å²) >= 11 is 0. The Hall–Kier alpha value is -1.58. The number of hydrogen-bond donors (Lipinski definition) is 0. The number of anilines is 1. The summed E-state index contributed by atoms with van der Waals surface area (Å²) in [5.41, 5.74) is 2.67. The van der Waals surface area contributed by atoms with E-state index in [1.54, 1.807) is 0 Å². The molecule has 1 fully saturated rings. The molecule has 0 atom stereocenters. The summed E-state index contributed by atoms with van der Waals surface area (Å²) in [6.07, 6.45) is 1.24. The Morgan fingerprint density at radius 1 is 1.14 bits per heavy atom. The van der Waals surface area contributed by atoms with E-state index in [1.807, 2.05) is 12.1 Å². The molecule has 6 heteroatoms. The maximum absolute atomic E-state index is 11.6. The number of nitrogens with zero attached hydrogens (tertiary/aromatic N) is 3. The molecule has 0 aromatic heterocycles. The van der Waals surface area contributed by atoms with Crippen molar-refractivity contribution in [2.24, 2.45) is 0 Å². The summed E-state index contributed by atoms with van der Waals surface area (Å²) in [6, 6.07) is 8.25. The van der Waals surface area contributed by atoms with Crippen LogP contribution in [-0.4, -0.2) is 45.2 Å². The van der Waals surface area contributed by atoms with Crippen LogP contribution in [0.3, 0.4) is 0 Å². The number of sulfonamides is 1. The topological polar surface area (TPSA) is 64.4 Å². The van der Waals surface area contributed by atoms with Gasteiger partial charge in [-0.25, -0.2) is 8.42 Å². The van der Waals surface area contributed by atoms with E-state index in [2.05, 4.69) is 37.8 Å². The van der Waals surface area contributed by atoms with Crippen molar-refractivity contribution in [3.8, 4) is 6.07 Å². The highest BCUT2D eigenvalue weighted by molar-refractivity contribution is 7.88. The Morgan fingerprint density at radius 3 is 2.18 bits per heavy atom. The zero-order valence-electron chi connectivity index (χ0n) is 13.6. The zero-order chi connectivity index (χ0) is 16.5. The van der Waals surface area contributed by atoms with Crippen molar-refractivity contribution >= 4 is 15.7 Å². The molecule has 22 heavy (non-hydrogen) atoms. The van der Waals surface area contributed by atoms with Crippen LogP contribution in [-0.2, 0) is 15.4 Å². The van der Waals surface area contributed by atoms with Gasteiger partial charge >= 0.3 is 0 Å². The molecule has 1 heterocycles. The lowest BCUT2D eigenvalue weighted by atomic mass is 9.86. The van der Waals surface area contributed by atoms with Gasteiger partial charge in [0.25, 0.3) is 0 Å². The largest absolute Gasteiger partial charge is 0.368 e. The number of nitriles is 1. The second-order valence-electron chi connectivity index (χ2n) is 6.74. The van der Waals surface area contributed by atoms with Crippen LogP contribution < -0.4 is 4.90 Å². The van der Waals surface area contributed by atoms with Crippen molar-refractivity contribution in [2.45, 2.75) is 26.2 Å². The van der Waals surface area contributed by atoms with Crippen molar-refractivity contribution in [2.75, 3.05) is 37.3 Å². The van der Waals surface area contributed by atoms with Gasteiger partial charge in [0.05, 0.1) is 17.5 Å². The van der Waals surface area contributed by atoms with Crippen LogP contribution in [0.25, 0.3) is 0 Å². The van der Waals surface area contributed by atoms with E-state index in [0.717, 1.165) is 11.3 Å². The molecule has 1 saturated heterocycles. The standard InChI is InChI=1S/C16H23N3O2S/c1-16(2,3)14-5-6-15(13(11-14)12-17)18-7-9-19(10-8-18)22(4,20)21/h5-6,11H,7-10H2,1-4H3. The first-order chi connectivity index (χ1) is 10.1. The van der Waals surface area contributed by atoms with Gasteiger partial charge in [-0.1, -0.05) is 26.8 Å². The number of piperazine rings is 1. The fraction of sp³-hybridized carbons (Fsp3) is 0.562. The average molecular weight is 321 g/mol. The fourth-order valence-electron chi connectivity index (χ4n) is 2.63. The molecular formula is C16H23N3O2S. The fourth-order valence-corrected chi connectivity index (χ4v) is 3.46. The predicted molar refractivity (Wildman–Crippen MR) is 88.5 cm³/mol. The Labute approximate surface area is 133 Å². The highest BCUT2D eigenvalue weighted by Gasteiger charge is 2.25. The third kappa shape index (κ3) is 3.60. The quantitative estimate of drug-likeness (QED) is 0.835. The lowest BCUT2D eigenvalue weighted by Gasteiger charge is -2.35. The molecule has 0 unspecified atom stereocenters. The Bertz CT molecular complexity index is 691. The van der Waals surface area contributed by atoms with Gasteiger partial charge in [-0.05, 0) is 23.1 Å². The first kappa shape index (κ1) is 16.8. The first-order valence-corrected chi connectivity index (χ1v) is 9.22. The second-order valence-corrected chi connectivity index (χ2v) is 8.73. The Balaban J connectivity index is 2.23. The molecule has 0 N–H and O–H groups in total. The Morgan fingerprint density at radius 2 is 1.73 bits per heavy atom. The van der Waals surface area contributed by atoms with Gasteiger partial charge in [-0.3, -0.25) is 0 Å². The van der Waals surface area contributed by atoms with Crippen LogP contribution in [0.2, 0.25) is 0 Å². The minimum absolute atomic E-state index is 0.000877. The maximum atomic E-state index is 11.6. The van der Waals surface area contributed by atoms with Crippen molar-refractivity contribution in [1.29, 1.82) is 5.26 Å². The van der Waals surface area contributed by atoms with Crippen LogP contribution in [0.15, 0.2) is 18.2 Å². The smallest absolute Gasteiger partial charge is 0.211 e.